The zero-order valence-electron chi connectivity index (χ0n) is 12.3. The van der Waals surface area contributed by atoms with Crippen molar-refractivity contribution in [1.29, 1.82) is 0 Å². The standard InChI is InChI=1S/C16H23ClN2O/c1-13-12-18(2)9-3-10-19(13)11-8-16(20)14-4-6-15(17)7-5-14/h4-7,13H,3,8-12H2,1-2H3. The normalized spacial score (nSPS) is 21.6. The van der Waals surface area contributed by atoms with E-state index in [1.165, 1.54) is 6.42 Å². The van der Waals surface area contributed by atoms with E-state index in [1.807, 2.05) is 12.1 Å². The molecule has 4 heteroatoms. The number of halogens is 1. The van der Waals surface area contributed by atoms with Crippen LogP contribution in [-0.4, -0.2) is 54.9 Å². The third-order valence-electron chi connectivity index (χ3n) is 3.98. The van der Waals surface area contributed by atoms with Crippen LogP contribution in [0.5, 0.6) is 0 Å². The Balaban J connectivity index is 1.87. The summed E-state index contributed by atoms with van der Waals surface area (Å²) >= 11 is 5.84. The molecule has 0 aromatic heterocycles. The largest absolute Gasteiger partial charge is 0.305 e. The number of hydrogen-bond acceptors (Lipinski definition) is 3. The van der Waals surface area contributed by atoms with Crippen LogP contribution in [0.3, 0.4) is 0 Å². The van der Waals surface area contributed by atoms with Gasteiger partial charge < -0.3 is 4.90 Å². The lowest BCUT2D eigenvalue weighted by Crippen LogP contribution is -2.39. The zero-order chi connectivity index (χ0) is 14.5. The zero-order valence-corrected chi connectivity index (χ0v) is 13.1. The van der Waals surface area contributed by atoms with Crippen LogP contribution in [0.25, 0.3) is 0 Å². The highest BCUT2D eigenvalue weighted by Gasteiger charge is 2.20. The predicted molar refractivity (Wildman–Crippen MR) is 83.5 cm³/mol. The molecule has 1 atom stereocenters. The number of hydrogen-bond donors (Lipinski definition) is 0. The molecule has 0 spiro atoms. The lowest BCUT2D eigenvalue weighted by atomic mass is 10.1. The molecule has 1 saturated heterocycles. The molecule has 0 N–H and O–H groups in total. The summed E-state index contributed by atoms with van der Waals surface area (Å²) in [6.07, 6.45) is 1.76. The molecule has 2 rings (SSSR count). The molecule has 1 unspecified atom stereocenters. The number of rotatable bonds is 4. The number of carbonyl (C=O) groups excluding carboxylic acids is 1. The molecule has 1 aromatic rings. The first kappa shape index (κ1) is 15.5. The molecule has 20 heavy (non-hydrogen) atoms. The third-order valence-corrected chi connectivity index (χ3v) is 4.23. The van der Waals surface area contributed by atoms with Gasteiger partial charge in [-0.1, -0.05) is 11.6 Å². The van der Waals surface area contributed by atoms with E-state index in [-0.39, 0.29) is 5.78 Å². The lowest BCUT2D eigenvalue weighted by molar-refractivity contribution is 0.0953. The van der Waals surface area contributed by atoms with Gasteiger partial charge in [-0.05, 0) is 57.7 Å². The number of benzene rings is 1. The number of ketones is 1. The van der Waals surface area contributed by atoms with Crippen molar-refractivity contribution >= 4 is 17.4 Å². The van der Waals surface area contributed by atoms with Crippen molar-refractivity contribution in [2.45, 2.75) is 25.8 Å². The first-order chi connectivity index (χ1) is 9.56. The summed E-state index contributed by atoms with van der Waals surface area (Å²) in [5.74, 6) is 0.200. The average molecular weight is 295 g/mol. The monoisotopic (exact) mass is 294 g/mol. The maximum Gasteiger partial charge on any atom is 0.164 e. The van der Waals surface area contributed by atoms with Gasteiger partial charge in [0.15, 0.2) is 5.78 Å². The van der Waals surface area contributed by atoms with Gasteiger partial charge in [0.05, 0.1) is 0 Å². The summed E-state index contributed by atoms with van der Waals surface area (Å²) in [6.45, 7) is 6.39. The molecule has 0 amide bonds. The maximum absolute atomic E-state index is 12.2. The van der Waals surface area contributed by atoms with Gasteiger partial charge in [-0.3, -0.25) is 9.69 Å². The van der Waals surface area contributed by atoms with Crippen LogP contribution in [0, 0.1) is 0 Å². The van der Waals surface area contributed by atoms with Crippen LogP contribution in [0.2, 0.25) is 5.02 Å². The Hall–Kier alpha value is -0.900. The fourth-order valence-corrected chi connectivity index (χ4v) is 2.91. The summed E-state index contributed by atoms with van der Waals surface area (Å²) < 4.78 is 0. The van der Waals surface area contributed by atoms with Gasteiger partial charge in [-0.15, -0.1) is 0 Å². The first-order valence-corrected chi connectivity index (χ1v) is 7.65. The Kier molecular flexibility index (Phi) is 5.58. The molecule has 110 valence electrons. The van der Waals surface area contributed by atoms with Crippen LogP contribution in [-0.2, 0) is 0 Å². The molecule has 1 heterocycles. The minimum absolute atomic E-state index is 0.200. The molecule has 1 aliphatic rings. The van der Waals surface area contributed by atoms with Gasteiger partial charge in [-0.25, -0.2) is 0 Å². The van der Waals surface area contributed by atoms with Gasteiger partial charge in [0, 0.05) is 36.1 Å². The second kappa shape index (κ2) is 7.21. The van der Waals surface area contributed by atoms with E-state index >= 15 is 0 Å². The van der Waals surface area contributed by atoms with E-state index in [0.29, 0.717) is 17.5 Å². The number of carbonyl (C=O) groups is 1. The smallest absolute Gasteiger partial charge is 0.164 e. The van der Waals surface area contributed by atoms with Crippen molar-refractivity contribution in [3.05, 3.63) is 34.9 Å². The molecule has 1 aliphatic heterocycles. The Morgan fingerprint density at radius 1 is 1.30 bits per heavy atom. The SMILES string of the molecule is CC1CN(C)CCCN1CCC(=O)c1ccc(Cl)cc1. The minimum Gasteiger partial charge on any atom is -0.305 e. The topological polar surface area (TPSA) is 23.6 Å². The second-order valence-corrected chi connectivity index (χ2v) is 6.12. The van der Waals surface area contributed by atoms with Gasteiger partial charge in [0.25, 0.3) is 0 Å². The molecule has 0 radical (unpaired) electrons. The van der Waals surface area contributed by atoms with Gasteiger partial charge in [0.1, 0.15) is 0 Å². The maximum atomic E-state index is 12.2. The molecule has 0 bridgehead atoms. The quantitative estimate of drug-likeness (QED) is 0.798. The van der Waals surface area contributed by atoms with Crippen molar-refractivity contribution in [1.82, 2.24) is 9.80 Å². The lowest BCUT2D eigenvalue weighted by Gasteiger charge is -2.27. The van der Waals surface area contributed by atoms with E-state index in [9.17, 15) is 4.79 Å². The summed E-state index contributed by atoms with van der Waals surface area (Å²) in [5, 5.41) is 0.672. The molecule has 1 aromatic carbocycles. The van der Waals surface area contributed by atoms with Crippen molar-refractivity contribution in [3.63, 3.8) is 0 Å². The molecular weight excluding hydrogens is 272 g/mol. The molecule has 0 aliphatic carbocycles. The summed E-state index contributed by atoms with van der Waals surface area (Å²) in [6, 6.07) is 7.69. The van der Waals surface area contributed by atoms with E-state index in [0.717, 1.165) is 31.7 Å². The van der Waals surface area contributed by atoms with Crippen LogP contribution in [0.4, 0.5) is 0 Å². The summed E-state index contributed by atoms with van der Waals surface area (Å²) in [4.78, 5) is 17.0. The van der Waals surface area contributed by atoms with Crippen molar-refractivity contribution in [3.8, 4) is 0 Å². The van der Waals surface area contributed by atoms with Gasteiger partial charge >= 0.3 is 0 Å². The van der Waals surface area contributed by atoms with Crippen LogP contribution < -0.4 is 0 Å². The fraction of sp³-hybridized carbons (Fsp3) is 0.562. The van der Waals surface area contributed by atoms with Crippen LogP contribution in [0.1, 0.15) is 30.1 Å². The second-order valence-electron chi connectivity index (χ2n) is 5.68. The molecular formula is C16H23ClN2O. The van der Waals surface area contributed by atoms with E-state index in [2.05, 4.69) is 23.8 Å². The van der Waals surface area contributed by atoms with Crippen LogP contribution >= 0.6 is 11.6 Å². The predicted octanol–water partition coefficient (Wildman–Crippen LogP) is 2.94. The Labute approximate surface area is 126 Å². The van der Waals surface area contributed by atoms with Gasteiger partial charge in [-0.2, -0.15) is 0 Å². The highest BCUT2D eigenvalue weighted by molar-refractivity contribution is 6.30. The van der Waals surface area contributed by atoms with Gasteiger partial charge in [0.2, 0.25) is 0 Å². The Bertz CT molecular complexity index is 446. The first-order valence-electron chi connectivity index (χ1n) is 7.27. The van der Waals surface area contributed by atoms with E-state index in [4.69, 9.17) is 11.6 Å². The van der Waals surface area contributed by atoms with E-state index in [1.54, 1.807) is 12.1 Å². The summed E-state index contributed by atoms with van der Waals surface area (Å²) in [7, 11) is 2.17. The third kappa shape index (κ3) is 4.30. The number of Topliss-reactive ketones (excluding diaryl/α,β-unsaturated/α-hetero) is 1. The minimum atomic E-state index is 0.200. The van der Waals surface area contributed by atoms with Crippen molar-refractivity contribution in [2.75, 3.05) is 33.2 Å². The molecule has 3 nitrogen and oxygen atoms in total. The Morgan fingerprint density at radius 2 is 2.00 bits per heavy atom. The number of nitrogens with zero attached hydrogens (tertiary/aromatic N) is 2. The fourth-order valence-electron chi connectivity index (χ4n) is 2.78. The van der Waals surface area contributed by atoms with Crippen molar-refractivity contribution < 1.29 is 4.79 Å². The Morgan fingerprint density at radius 3 is 2.70 bits per heavy atom. The summed E-state index contributed by atoms with van der Waals surface area (Å²) in [5.41, 5.74) is 0.758. The molecule has 1 fully saturated rings. The highest BCUT2D eigenvalue weighted by atomic mass is 35.5. The van der Waals surface area contributed by atoms with Crippen molar-refractivity contribution in [2.24, 2.45) is 0 Å². The number of likely N-dealkylation sites (N-methyl/N-ethyl adjacent to an activating group) is 1. The highest BCUT2D eigenvalue weighted by Crippen LogP contribution is 2.13. The average Bonchev–Trinajstić information content (AvgIpc) is 2.57. The molecule has 0 saturated carbocycles. The van der Waals surface area contributed by atoms with Crippen LogP contribution in [0.15, 0.2) is 24.3 Å². The van der Waals surface area contributed by atoms with E-state index < -0.39 is 0 Å².